The Bertz CT molecular complexity index is 666. The van der Waals surface area contributed by atoms with Crippen LogP contribution in [0.15, 0.2) is 29.0 Å². The maximum absolute atomic E-state index is 12.1. The first-order valence-corrected chi connectivity index (χ1v) is 8.08. The minimum absolute atomic E-state index is 0.00442. The van der Waals surface area contributed by atoms with Gasteiger partial charge in [0, 0.05) is 44.3 Å². The van der Waals surface area contributed by atoms with Crippen molar-refractivity contribution in [1.82, 2.24) is 24.9 Å². The Labute approximate surface area is 140 Å². The maximum Gasteiger partial charge on any atom is 0.243 e. The Balaban J connectivity index is 1.46. The molecule has 1 atom stereocenters. The van der Waals surface area contributed by atoms with Crippen molar-refractivity contribution in [3.8, 4) is 0 Å². The van der Waals surface area contributed by atoms with Crippen LogP contribution in [0.25, 0.3) is 0 Å². The molecule has 1 unspecified atom stereocenters. The quantitative estimate of drug-likeness (QED) is 0.878. The molecule has 2 aromatic heterocycles. The van der Waals surface area contributed by atoms with Crippen LogP contribution < -0.4 is 5.32 Å². The fourth-order valence-electron chi connectivity index (χ4n) is 2.79. The summed E-state index contributed by atoms with van der Waals surface area (Å²) in [6, 6.07) is 3.66. The number of rotatable bonds is 5. The first-order chi connectivity index (χ1) is 11.6. The first-order valence-electron chi connectivity index (χ1n) is 8.08. The van der Waals surface area contributed by atoms with E-state index in [4.69, 9.17) is 4.52 Å². The van der Waals surface area contributed by atoms with Gasteiger partial charge in [-0.3, -0.25) is 19.6 Å². The predicted octanol–water partition coefficient (Wildman–Crippen LogP) is 1.09. The number of aromatic nitrogens is 3. The Kier molecular flexibility index (Phi) is 5.17. The highest BCUT2D eigenvalue weighted by Gasteiger charge is 2.26. The number of carbonyl (C=O) groups excluding carboxylic acids is 1. The standard InChI is InChI=1S/C16H22N6O2/c1-12(16-18-13(2)20-24-16)22-9-7-21(8-10-22)11-15(23)19-14-3-5-17-6-4-14/h3-6,12H,7-11H2,1-2H3,(H,17,19,23). The lowest BCUT2D eigenvalue weighted by molar-refractivity contribution is -0.117. The number of carbonyl (C=O) groups is 1. The van der Waals surface area contributed by atoms with Gasteiger partial charge in [-0.2, -0.15) is 4.98 Å². The molecule has 1 saturated heterocycles. The number of piperazine rings is 1. The molecule has 0 spiro atoms. The molecule has 0 aromatic carbocycles. The second-order valence-electron chi connectivity index (χ2n) is 5.95. The molecule has 0 radical (unpaired) electrons. The van der Waals surface area contributed by atoms with Crippen LogP contribution in [-0.4, -0.2) is 63.6 Å². The summed E-state index contributed by atoms with van der Waals surface area (Å²) in [6.07, 6.45) is 3.32. The van der Waals surface area contributed by atoms with Gasteiger partial charge in [-0.1, -0.05) is 5.16 Å². The molecule has 3 rings (SSSR count). The first kappa shape index (κ1) is 16.5. The summed E-state index contributed by atoms with van der Waals surface area (Å²) in [5, 5.41) is 6.73. The molecule has 1 aliphatic rings. The van der Waals surface area contributed by atoms with Crippen molar-refractivity contribution in [2.45, 2.75) is 19.9 Å². The molecule has 0 saturated carbocycles. The van der Waals surface area contributed by atoms with Gasteiger partial charge in [-0.15, -0.1) is 0 Å². The predicted molar refractivity (Wildman–Crippen MR) is 88.3 cm³/mol. The van der Waals surface area contributed by atoms with Crippen molar-refractivity contribution < 1.29 is 9.32 Å². The SMILES string of the molecule is Cc1noc(C(C)N2CCN(CC(=O)Nc3ccncc3)CC2)n1. The number of nitrogens with one attached hydrogen (secondary N) is 1. The zero-order chi connectivity index (χ0) is 16.9. The average molecular weight is 330 g/mol. The van der Waals surface area contributed by atoms with Gasteiger partial charge in [0.2, 0.25) is 11.8 Å². The third-order valence-corrected chi connectivity index (χ3v) is 4.19. The zero-order valence-electron chi connectivity index (χ0n) is 14.0. The van der Waals surface area contributed by atoms with Crippen LogP contribution in [0.4, 0.5) is 5.69 Å². The van der Waals surface area contributed by atoms with Crippen LogP contribution >= 0.6 is 0 Å². The van der Waals surface area contributed by atoms with Crippen LogP contribution in [0.3, 0.4) is 0 Å². The molecule has 1 fully saturated rings. The van der Waals surface area contributed by atoms with Gasteiger partial charge in [0.25, 0.3) is 0 Å². The van der Waals surface area contributed by atoms with E-state index in [1.807, 2.05) is 6.92 Å². The molecule has 2 aromatic rings. The van der Waals surface area contributed by atoms with Crippen molar-refractivity contribution in [2.24, 2.45) is 0 Å². The third kappa shape index (κ3) is 4.15. The molecule has 0 bridgehead atoms. The summed E-state index contributed by atoms with van der Waals surface area (Å²) in [5.74, 6) is 1.30. The molecule has 3 heterocycles. The smallest absolute Gasteiger partial charge is 0.243 e. The number of hydrogen-bond acceptors (Lipinski definition) is 7. The lowest BCUT2D eigenvalue weighted by Gasteiger charge is -2.36. The molecule has 8 nitrogen and oxygen atoms in total. The van der Waals surface area contributed by atoms with Crippen LogP contribution in [0.5, 0.6) is 0 Å². The van der Waals surface area contributed by atoms with Crippen molar-refractivity contribution in [3.63, 3.8) is 0 Å². The molecular formula is C16H22N6O2. The maximum atomic E-state index is 12.1. The number of aryl methyl sites for hydroxylation is 1. The van der Waals surface area contributed by atoms with Crippen molar-refractivity contribution >= 4 is 11.6 Å². The minimum Gasteiger partial charge on any atom is -0.338 e. The molecule has 1 aliphatic heterocycles. The van der Waals surface area contributed by atoms with E-state index in [0.29, 0.717) is 18.3 Å². The van der Waals surface area contributed by atoms with E-state index in [1.54, 1.807) is 24.5 Å². The lowest BCUT2D eigenvalue weighted by Crippen LogP contribution is -2.49. The molecule has 1 amide bonds. The number of pyridine rings is 1. The van der Waals surface area contributed by atoms with Crippen LogP contribution in [0.1, 0.15) is 24.7 Å². The molecular weight excluding hydrogens is 308 g/mol. The van der Waals surface area contributed by atoms with Gasteiger partial charge in [0.05, 0.1) is 12.6 Å². The van der Waals surface area contributed by atoms with E-state index < -0.39 is 0 Å². The van der Waals surface area contributed by atoms with E-state index in [9.17, 15) is 4.79 Å². The number of hydrogen-bond donors (Lipinski definition) is 1. The fourth-order valence-corrected chi connectivity index (χ4v) is 2.79. The Morgan fingerprint density at radius 2 is 2.00 bits per heavy atom. The van der Waals surface area contributed by atoms with E-state index >= 15 is 0 Å². The average Bonchev–Trinajstić information content (AvgIpc) is 3.02. The van der Waals surface area contributed by atoms with Gasteiger partial charge in [-0.25, -0.2) is 0 Å². The summed E-state index contributed by atoms with van der Waals surface area (Å²) in [7, 11) is 0. The summed E-state index contributed by atoms with van der Waals surface area (Å²) in [5.41, 5.74) is 0.772. The normalized spacial score (nSPS) is 17.6. The van der Waals surface area contributed by atoms with Crippen molar-refractivity contribution in [3.05, 3.63) is 36.2 Å². The Morgan fingerprint density at radius 1 is 1.29 bits per heavy atom. The van der Waals surface area contributed by atoms with Crippen LogP contribution in [-0.2, 0) is 4.79 Å². The fraction of sp³-hybridized carbons (Fsp3) is 0.500. The number of anilines is 1. The summed E-state index contributed by atoms with van der Waals surface area (Å²) >= 11 is 0. The highest BCUT2D eigenvalue weighted by Crippen LogP contribution is 2.19. The van der Waals surface area contributed by atoms with Gasteiger partial charge >= 0.3 is 0 Å². The van der Waals surface area contributed by atoms with Gasteiger partial charge in [0.1, 0.15) is 0 Å². The molecule has 128 valence electrons. The summed E-state index contributed by atoms with van der Waals surface area (Å²) in [6.45, 7) is 7.68. The van der Waals surface area contributed by atoms with E-state index in [1.165, 1.54) is 0 Å². The van der Waals surface area contributed by atoms with E-state index in [-0.39, 0.29) is 11.9 Å². The summed E-state index contributed by atoms with van der Waals surface area (Å²) in [4.78, 5) is 24.8. The number of amides is 1. The summed E-state index contributed by atoms with van der Waals surface area (Å²) < 4.78 is 5.25. The number of nitrogens with zero attached hydrogens (tertiary/aromatic N) is 5. The molecule has 0 aliphatic carbocycles. The van der Waals surface area contributed by atoms with Gasteiger partial charge < -0.3 is 9.84 Å². The van der Waals surface area contributed by atoms with E-state index in [2.05, 4.69) is 37.2 Å². The van der Waals surface area contributed by atoms with Gasteiger partial charge in [0.15, 0.2) is 5.82 Å². The second-order valence-corrected chi connectivity index (χ2v) is 5.95. The Hall–Kier alpha value is -2.32. The molecule has 8 heteroatoms. The van der Waals surface area contributed by atoms with Crippen molar-refractivity contribution in [1.29, 1.82) is 0 Å². The lowest BCUT2D eigenvalue weighted by atomic mass is 10.2. The molecule has 24 heavy (non-hydrogen) atoms. The highest BCUT2D eigenvalue weighted by molar-refractivity contribution is 5.92. The largest absolute Gasteiger partial charge is 0.338 e. The highest BCUT2D eigenvalue weighted by atomic mass is 16.5. The second kappa shape index (κ2) is 7.50. The monoisotopic (exact) mass is 330 g/mol. The van der Waals surface area contributed by atoms with Crippen LogP contribution in [0.2, 0.25) is 0 Å². The zero-order valence-corrected chi connectivity index (χ0v) is 14.0. The van der Waals surface area contributed by atoms with Gasteiger partial charge in [-0.05, 0) is 26.0 Å². The molecule has 1 N–H and O–H groups in total. The van der Waals surface area contributed by atoms with E-state index in [0.717, 1.165) is 31.9 Å². The minimum atomic E-state index is -0.00442. The van der Waals surface area contributed by atoms with Crippen LogP contribution in [0, 0.1) is 6.92 Å². The van der Waals surface area contributed by atoms with Crippen molar-refractivity contribution in [2.75, 3.05) is 38.0 Å². The third-order valence-electron chi connectivity index (χ3n) is 4.19. The Morgan fingerprint density at radius 3 is 2.62 bits per heavy atom. The topological polar surface area (TPSA) is 87.4 Å².